The van der Waals surface area contributed by atoms with Crippen molar-refractivity contribution >= 4 is 28.6 Å². The number of benzene rings is 1. The van der Waals surface area contributed by atoms with E-state index in [0.717, 1.165) is 25.9 Å². The van der Waals surface area contributed by atoms with Gasteiger partial charge in [0.25, 0.3) is 0 Å². The Morgan fingerprint density at radius 3 is 3.00 bits per heavy atom. The number of nitrogens with zero attached hydrogens (tertiary/aromatic N) is 1. The zero-order chi connectivity index (χ0) is 12.3. The SMILES string of the molecule is COC(=O)C1CCCN1Cc1ccccc1I. The third-order valence-electron chi connectivity index (χ3n) is 3.17. The van der Waals surface area contributed by atoms with E-state index in [1.54, 1.807) is 0 Å². The number of hydrogen-bond donors (Lipinski definition) is 0. The number of hydrogen-bond acceptors (Lipinski definition) is 3. The molecule has 4 heteroatoms. The lowest BCUT2D eigenvalue weighted by atomic mass is 10.2. The van der Waals surface area contributed by atoms with Crippen LogP contribution in [-0.2, 0) is 16.1 Å². The molecule has 1 fully saturated rings. The molecule has 0 saturated carbocycles. The fourth-order valence-corrected chi connectivity index (χ4v) is 2.82. The second-order valence-electron chi connectivity index (χ2n) is 4.24. The van der Waals surface area contributed by atoms with Gasteiger partial charge in [-0.05, 0) is 53.6 Å². The Kier molecular flexibility index (Phi) is 4.39. The van der Waals surface area contributed by atoms with Gasteiger partial charge in [-0.1, -0.05) is 18.2 Å². The molecule has 1 aromatic rings. The third-order valence-corrected chi connectivity index (χ3v) is 4.22. The molecule has 0 aromatic heterocycles. The van der Waals surface area contributed by atoms with Crippen molar-refractivity contribution in [2.24, 2.45) is 0 Å². The van der Waals surface area contributed by atoms with Crippen molar-refractivity contribution in [3.8, 4) is 0 Å². The van der Waals surface area contributed by atoms with Crippen LogP contribution in [0.15, 0.2) is 24.3 Å². The molecule has 0 spiro atoms. The number of methoxy groups -OCH3 is 1. The van der Waals surface area contributed by atoms with Gasteiger partial charge in [0.15, 0.2) is 0 Å². The summed E-state index contributed by atoms with van der Waals surface area (Å²) >= 11 is 2.34. The highest BCUT2D eigenvalue weighted by atomic mass is 127. The van der Waals surface area contributed by atoms with E-state index < -0.39 is 0 Å². The van der Waals surface area contributed by atoms with Gasteiger partial charge >= 0.3 is 5.97 Å². The molecule has 0 aliphatic carbocycles. The number of likely N-dealkylation sites (tertiary alicyclic amines) is 1. The largest absolute Gasteiger partial charge is 0.468 e. The van der Waals surface area contributed by atoms with Crippen LogP contribution in [0, 0.1) is 3.57 Å². The number of rotatable bonds is 3. The summed E-state index contributed by atoms with van der Waals surface area (Å²) in [5.74, 6) is -0.103. The Labute approximate surface area is 115 Å². The van der Waals surface area contributed by atoms with Crippen molar-refractivity contribution in [1.29, 1.82) is 0 Å². The van der Waals surface area contributed by atoms with Gasteiger partial charge in [0.1, 0.15) is 6.04 Å². The second kappa shape index (κ2) is 5.82. The van der Waals surface area contributed by atoms with Crippen LogP contribution in [0.3, 0.4) is 0 Å². The first-order valence-electron chi connectivity index (χ1n) is 5.77. The van der Waals surface area contributed by atoms with Gasteiger partial charge in [-0.15, -0.1) is 0 Å². The summed E-state index contributed by atoms with van der Waals surface area (Å²) in [6.07, 6.45) is 1.99. The predicted octanol–water partition coefficient (Wildman–Crippen LogP) is 2.43. The molecule has 1 aliphatic rings. The number of halogens is 1. The molecule has 1 saturated heterocycles. The third kappa shape index (κ3) is 2.98. The molecule has 2 rings (SSSR count). The molecule has 92 valence electrons. The molecular weight excluding hydrogens is 329 g/mol. The standard InChI is InChI=1S/C13H16INO2/c1-17-13(16)12-7-4-8-15(12)9-10-5-2-3-6-11(10)14/h2-3,5-6,12H,4,7-9H2,1H3. The normalized spacial score (nSPS) is 20.5. The predicted molar refractivity (Wildman–Crippen MR) is 74.6 cm³/mol. The van der Waals surface area contributed by atoms with Gasteiger partial charge in [-0.3, -0.25) is 9.69 Å². The Hall–Kier alpha value is -0.620. The Bertz CT molecular complexity index is 408. The minimum absolute atomic E-state index is 0.0593. The van der Waals surface area contributed by atoms with E-state index in [4.69, 9.17) is 4.74 Å². The maximum atomic E-state index is 11.6. The van der Waals surface area contributed by atoms with E-state index in [0.29, 0.717) is 0 Å². The lowest BCUT2D eigenvalue weighted by Gasteiger charge is -2.22. The highest BCUT2D eigenvalue weighted by molar-refractivity contribution is 14.1. The van der Waals surface area contributed by atoms with Crippen molar-refractivity contribution in [3.05, 3.63) is 33.4 Å². The first-order valence-corrected chi connectivity index (χ1v) is 6.85. The number of ether oxygens (including phenoxy) is 1. The van der Waals surface area contributed by atoms with Crippen molar-refractivity contribution in [2.45, 2.75) is 25.4 Å². The van der Waals surface area contributed by atoms with Crippen LogP contribution < -0.4 is 0 Å². The highest BCUT2D eigenvalue weighted by Crippen LogP contribution is 2.22. The van der Waals surface area contributed by atoms with E-state index >= 15 is 0 Å². The fourth-order valence-electron chi connectivity index (χ4n) is 2.26. The topological polar surface area (TPSA) is 29.5 Å². The molecule has 3 nitrogen and oxygen atoms in total. The molecule has 1 aromatic carbocycles. The summed E-state index contributed by atoms with van der Waals surface area (Å²) in [6.45, 7) is 1.81. The Morgan fingerprint density at radius 1 is 1.53 bits per heavy atom. The van der Waals surface area contributed by atoms with Crippen molar-refractivity contribution in [1.82, 2.24) is 4.90 Å². The molecule has 1 unspecified atom stereocenters. The molecule has 0 radical (unpaired) electrons. The minimum atomic E-state index is -0.103. The van der Waals surface area contributed by atoms with Gasteiger partial charge in [-0.2, -0.15) is 0 Å². The van der Waals surface area contributed by atoms with Crippen LogP contribution in [0.2, 0.25) is 0 Å². The molecule has 1 aliphatic heterocycles. The summed E-state index contributed by atoms with van der Waals surface area (Å²) in [6, 6.07) is 8.23. The molecule has 0 bridgehead atoms. The molecular formula is C13H16INO2. The molecule has 1 atom stereocenters. The fraction of sp³-hybridized carbons (Fsp3) is 0.462. The number of esters is 1. The number of carbonyl (C=O) groups is 1. The average molecular weight is 345 g/mol. The van der Waals surface area contributed by atoms with Crippen molar-refractivity contribution in [2.75, 3.05) is 13.7 Å². The van der Waals surface area contributed by atoms with Crippen LogP contribution in [-0.4, -0.2) is 30.6 Å². The monoisotopic (exact) mass is 345 g/mol. The van der Waals surface area contributed by atoms with E-state index in [1.807, 2.05) is 12.1 Å². The lowest BCUT2D eigenvalue weighted by Crippen LogP contribution is -2.36. The summed E-state index contributed by atoms with van der Waals surface area (Å²) in [7, 11) is 1.46. The quantitative estimate of drug-likeness (QED) is 0.623. The number of carbonyl (C=O) groups excluding carboxylic acids is 1. The maximum Gasteiger partial charge on any atom is 0.323 e. The van der Waals surface area contributed by atoms with Gasteiger partial charge in [0.05, 0.1) is 7.11 Å². The Morgan fingerprint density at radius 2 is 2.29 bits per heavy atom. The van der Waals surface area contributed by atoms with E-state index in [2.05, 4.69) is 39.6 Å². The molecule has 0 N–H and O–H groups in total. The van der Waals surface area contributed by atoms with E-state index in [9.17, 15) is 4.79 Å². The van der Waals surface area contributed by atoms with Gasteiger partial charge < -0.3 is 4.74 Å². The highest BCUT2D eigenvalue weighted by Gasteiger charge is 2.31. The Balaban J connectivity index is 2.08. The summed E-state index contributed by atoms with van der Waals surface area (Å²) in [4.78, 5) is 13.8. The van der Waals surface area contributed by atoms with Crippen LogP contribution in [0.4, 0.5) is 0 Å². The first kappa shape index (κ1) is 12.8. The zero-order valence-corrected chi connectivity index (χ0v) is 12.0. The first-order chi connectivity index (χ1) is 8.22. The second-order valence-corrected chi connectivity index (χ2v) is 5.41. The van der Waals surface area contributed by atoms with Gasteiger partial charge in [0, 0.05) is 10.1 Å². The van der Waals surface area contributed by atoms with Crippen molar-refractivity contribution < 1.29 is 9.53 Å². The van der Waals surface area contributed by atoms with Crippen LogP contribution in [0.5, 0.6) is 0 Å². The summed E-state index contributed by atoms with van der Waals surface area (Å²) in [5, 5.41) is 0. The van der Waals surface area contributed by atoms with Crippen LogP contribution in [0.25, 0.3) is 0 Å². The van der Waals surface area contributed by atoms with Crippen LogP contribution >= 0.6 is 22.6 Å². The van der Waals surface area contributed by atoms with E-state index in [-0.39, 0.29) is 12.0 Å². The van der Waals surface area contributed by atoms with Gasteiger partial charge in [0.2, 0.25) is 0 Å². The lowest BCUT2D eigenvalue weighted by molar-refractivity contribution is -0.146. The van der Waals surface area contributed by atoms with Gasteiger partial charge in [-0.25, -0.2) is 0 Å². The maximum absolute atomic E-state index is 11.6. The molecule has 1 heterocycles. The van der Waals surface area contributed by atoms with Crippen molar-refractivity contribution in [3.63, 3.8) is 0 Å². The van der Waals surface area contributed by atoms with E-state index in [1.165, 1.54) is 16.2 Å². The minimum Gasteiger partial charge on any atom is -0.468 e. The van der Waals surface area contributed by atoms with Crippen LogP contribution in [0.1, 0.15) is 18.4 Å². The molecule has 0 amide bonds. The zero-order valence-electron chi connectivity index (χ0n) is 9.86. The summed E-state index contributed by atoms with van der Waals surface area (Å²) < 4.78 is 6.10. The summed E-state index contributed by atoms with van der Waals surface area (Å²) in [5.41, 5.74) is 1.28. The smallest absolute Gasteiger partial charge is 0.323 e. The average Bonchev–Trinajstić information content (AvgIpc) is 2.79. The molecule has 17 heavy (non-hydrogen) atoms.